The van der Waals surface area contributed by atoms with Crippen molar-refractivity contribution >= 4 is 11.6 Å². The highest BCUT2D eigenvalue weighted by molar-refractivity contribution is 5.95. The highest BCUT2D eigenvalue weighted by Gasteiger charge is 2.39. The lowest BCUT2D eigenvalue weighted by molar-refractivity contribution is -0.130. The van der Waals surface area contributed by atoms with E-state index in [4.69, 9.17) is 9.47 Å². The summed E-state index contributed by atoms with van der Waals surface area (Å²) in [6.07, 6.45) is 1.72. The third-order valence-electron chi connectivity index (χ3n) is 3.95. The fourth-order valence-corrected chi connectivity index (χ4v) is 2.77. The first-order valence-corrected chi connectivity index (χ1v) is 7.83. The van der Waals surface area contributed by atoms with E-state index in [0.717, 1.165) is 37.4 Å². The molecule has 0 aliphatic carbocycles. The Kier molecular flexibility index (Phi) is 5.80. The average Bonchev–Trinajstić information content (AvgIpc) is 2.50. The summed E-state index contributed by atoms with van der Waals surface area (Å²) in [6.45, 7) is 6.12. The largest absolute Gasteiger partial charge is 0.491 e. The second-order valence-corrected chi connectivity index (χ2v) is 6.11. The molecule has 2 rings (SSSR count). The number of carbonyl (C=O) groups excluding carboxylic acids is 1. The SMILES string of the molecule is COCC1(C(=O)Nc2ccc(OC(C)C)cc2)CCNCC1. The minimum absolute atomic E-state index is 0.0355. The van der Waals surface area contributed by atoms with Crippen LogP contribution in [0.3, 0.4) is 0 Å². The normalized spacial score (nSPS) is 17.3. The molecule has 1 aromatic rings. The van der Waals surface area contributed by atoms with Gasteiger partial charge in [-0.05, 0) is 64.0 Å². The summed E-state index contributed by atoms with van der Waals surface area (Å²) in [6, 6.07) is 7.50. The number of benzene rings is 1. The lowest BCUT2D eigenvalue weighted by atomic mass is 9.78. The monoisotopic (exact) mass is 306 g/mol. The van der Waals surface area contributed by atoms with Crippen molar-refractivity contribution in [2.75, 3.05) is 32.1 Å². The second-order valence-electron chi connectivity index (χ2n) is 6.11. The highest BCUT2D eigenvalue weighted by Crippen LogP contribution is 2.31. The quantitative estimate of drug-likeness (QED) is 0.847. The van der Waals surface area contributed by atoms with Crippen LogP contribution in [-0.2, 0) is 9.53 Å². The third kappa shape index (κ3) is 4.21. The Labute approximate surface area is 132 Å². The molecule has 5 nitrogen and oxygen atoms in total. The van der Waals surface area contributed by atoms with E-state index in [1.807, 2.05) is 38.1 Å². The Morgan fingerprint density at radius 3 is 2.45 bits per heavy atom. The number of piperidine rings is 1. The van der Waals surface area contributed by atoms with E-state index in [9.17, 15) is 4.79 Å². The summed E-state index contributed by atoms with van der Waals surface area (Å²) < 4.78 is 10.9. The number of nitrogens with one attached hydrogen (secondary N) is 2. The van der Waals surface area contributed by atoms with E-state index in [1.165, 1.54) is 0 Å². The van der Waals surface area contributed by atoms with E-state index in [-0.39, 0.29) is 12.0 Å². The van der Waals surface area contributed by atoms with Gasteiger partial charge in [-0.3, -0.25) is 4.79 Å². The highest BCUT2D eigenvalue weighted by atomic mass is 16.5. The van der Waals surface area contributed by atoms with E-state index >= 15 is 0 Å². The predicted molar refractivity (Wildman–Crippen MR) is 87.2 cm³/mol. The zero-order valence-corrected chi connectivity index (χ0v) is 13.6. The molecule has 0 aromatic heterocycles. The van der Waals surface area contributed by atoms with Gasteiger partial charge in [-0.1, -0.05) is 0 Å². The molecule has 1 fully saturated rings. The average molecular weight is 306 g/mol. The summed E-state index contributed by atoms with van der Waals surface area (Å²) in [7, 11) is 1.65. The molecule has 22 heavy (non-hydrogen) atoms. The molecule has 1 saturated heterocycles. The molecule has 0 bridgehead atoms. The van der Waals surface area contributed by atoms with Crippen molar-refractivity contribution in [3.8, 4) is 5.75 Å². The van der Waals surface area contributed by atoms with Crippen LogP contribution in [-0.4, -0.2) is 38.8 Å². The van der Waals surface area contributed by atoms with Gasteiger partial charge in [-0.2, -0.15) is 0 Å². The number of ether oxygens (including phenoxy) is 2. The molecule has 0 spiro atoms. The van der Waals surface area contributed by atoms with Gasteiger partial charge in [0.1, 0.15) is 5.75 Å². The van der Waals surface area contributed by atoms with Gasteiger partial charge in [0.25, 0.3) is 0 Å². The zero-order chi connectivity index (χ0) is 16.0. The van der Waals surface area contributed by atoms with Crippen LogP contribution >= 0.6 is 0 Å². The van der Waals surface area contributed by atoms with Gasteiger partial charge in [0.15, 0.2) is 0 Å². The van der Waals surface area contributed by atoms with Crippen molar-refractivity contribution in [2.24, 2.45) is 5.41 Å². The molecule has 1 amide bonds. The molecular formula is C17H26N2O3. The summed E-state index contributed by atoms with van der Waals surface area (Å²) in [5.74, 6) is 0.842. The minimum Gasteiger partial charge on any atom is -0.491 e. The smallest absolute Gasteiger partial charge is 0.233 e. The molecule has 122 valence electrons. The topological polar surface area (TPSA) is 59.6 Å². The number of hydrogen-bond donors (Lipinski definition) is 2. The van der Waals surface area contributed by atoms with Crippen molar-refractivity contribution in [2.45, 2.75) is 32.8 Å². The molecule has 2 N–H and O–H groups in total. The molecule has 1 aliphatic rings. The molecule has 0 atom stereocenters. The van der Waals surface area contributed by atoms with Gasteiger partial charge in [0.2, 0.25) is 5.91 Å². The molecule has 1 aliphatic heterocycles. The minimum atomic E-state index is -0.437. The second kappa shape index (κ2) is 7.61. The maximum atomic E-state index is 12.7. The number of amides is 1. The van der Waals surface area contributed by atoms with E-state index < -0.39 is 5.41 Å². The Morgan fingerprint density at radius 2 is 1.91 bits per heavy atom. The standard InChI is InChI=1S/C17H26N2O3/c1-13(2)22-15-6-4-14(5-7-15)19-16(20)17(12-21-3)8-10-18-11-9-17/h4-7,13,18H,8-12H2,1-3H3,(H,19,20). The van der Waals surface area contributed by atoms with Crippen molar-refractivity contribution in [3.05, 3.63) is 24.3 Å². The Hall–Kier alpha value is -1.59. The van der Waals surface area contributed by atoms with Gasteiger partial charge in [0, 0.05) is 12.8 Å². The molecule has 0 radical (unpaired) electrons. The van der Waals surface area contributed by atoms with E-state index in [0.29, 0.717) is 6.61 Å². The number of rotatable bonds is 6. The lowest BCUT2D eigenvalue weighted by Crippen LogP contribution is -2.47. The van der Waals surface area contributed by atoms with Crippen molar-refractivity contribution in [3.63, 3.8) is 0 Å². The summed E-state index contributed by atoms with van der Waals surface area (Å²) in [5, 5.41) is 6.31. The Bertz CT molecular complexity index is 474. The first kappa shape index (κ1) is 16.8. The first-order chi connectivity index (χ1) is 10.6. The van der Waals surface area contributed by atoms with Crippen LogP contribution in [0, 0.1) is 5.41 Å². The summed E-state index contributed by atoms with van der Waals surface area (Å²) >= 11 is 0. The van der Waals surface area contributed by atoms with Gasteiger partial charge < -0.3 is 20.1 Å². The van der Waals surface area contributed by atoms with Crippen LogP contribution in [0.2, 0.25) is 0 Å². The first-order valence-electron chi connectivity index (χ1n) is 7.83. The summed E-state index contributed by atoms with van der Waals surface area (Å²) in [4.78, 5) is 12.7. The van der Waals surface area contributed by atoms with Crippen molar-refractivity contribution in [1.82, 2.24) is 5.32 Å². The molecule has 5 heteroatoms. The maximum Gasteiger partial charge on any atom is 0.233 e. The predicted octanol–water partition coefficient (Wildman–Crippen LogP) is 2.43. The Balaban J connectivity index is 2.03. The van der Waals surface area contributed by atoms with Gasteiger partial charge >= 0.3 is 0 Å². The number of anilines is 1. The third-order valence-corrected chi connectivity index (χ3v) is 3.95. The van der Waals surface area contributed by atoms with Crippen LogP contribution in [0.5, 0.6) is 5.75 Å². The number of hydrogen-bond acceptors (Lipinski definition) is 4. The number of methoxy groups -OCH3 is 1. The molecule has 1 aromatic carbocycles. The lowest BCUT2D eigenvalue weighted by Gasteiger charge is -2.35. The van der Waals surface area contributed by atoms with Crippen LogP contribution in [0.15, 0.2) is 24.3 Å². The van der Waals surface area contributed by atoms with Gasteiger partial charge in [-0.25, -0.2) is 0 Å². The molecular weight excluding hydrogens is 280 g/mol. The van der Waals surface area contributed by atoms with Crippen LogP contribution in [0.4, 0.5) is 5.69 Å². The fraction of sp³-hybridized carbons (Fsp3) is 0.588. The van der Waals surface area contributed by atoms with Crippen LogP contribution < -0.4 is 15.4 Å². The maximum absolute atomic E-state index is 12.7. The zero-order valence-electron chi connectivity index (χ0n) is 13.6. The van der Waals surface area contributed by atoms with Crippen LogP contribution in [0.1, 0.15) is 26.7 Å². The molecule has 1 heterocycles. The van der Waals surface area contributed by atoms with Gasteiger partial charge in [0.05, 0.1) is 18.1 Å². The van der Waals surface area contributed by atoms with Crippen molar-refractivity contribution in [1.29, 1.82) is 0 Å². The Morgan fingerprint density at radius 1 is 1.27 bits per heavy atom. The summed E-state index contributed by atoms with van der Waals surface area (Å²) in [5.41, 5.74) is 0.350. The van der Waals surface area contributed by atoms with Crippen molar-refractivity contribution < 1.29 is 14.3 Å². The molecule has 0 saturated carbocycles. The molecule has 0 unspecified atom stereocenters. The number of carbonyl (C=O) groups is 1. The van der Waals surface area contributed by atoms with E-state index in [2.05, 4.69) is 10.6 Å². The fourth-order valence-electron chi connectivity index (χ4n) is 2.77. The van der Waals surface area contributed by atoms with Crippen LogP contribution in [0.25, 0.3) is 0 Å². The van der Waals surface area contributed by atoms with E-state index in [1.54, 1.807) is 7.11 Å². The van der Waals surface area contributed by atoms with Gasteiger partial charge in [-0.15, -0.1) is 0 Å².